The first-order valence-electron chi connectivity index (χ1n) is 4.69. The van der Waals surface area contributed by atoms with Gasteiger partial charge in [0.1, 0.15) is 12.0 Å². The normalized spacial score (nSPS) is 11.6. The summed E-state index contributed by atoms with van der Waals surface area (Å²) >= 11 is 0. The van der Waals surface area contributed by atoms with Gasteiger partial charge >= 0.3 is 0 Å². The van der Waals surface area contributed by atoms with Crippen LogP contribution >= 0.6 is 0 Å². The van der Waals surface area contributed by atoms with Crippen molar-refractivity contribution in [3.05, 3.63) is 36.4 Å². The van der Waals surface area contributed by atoms with Crippen LogP contribution in [0.25, 0.3) is 11.3 Å². The molecule has 0 fully saturated rings. The standard InChI is InChI=1S/C11H11NO3S/c1-8-12-11(7-15-8)9-3-5-10(6-4-9)16(2,13)14/h3-7H,1-2H3. The molecule has 0 N–H and O–H groups in total. The SMILES string of the molecule is Cc1nc(-c2ccc(S(C)(=O)=O)cc2)co1. The van der Waals surface area contributed by atoms with E-state index in [4.69, 9.17) is 4.42 Å². The molecule has 0 aliphatic heterocycles. The second kappa shape index (κ2) is 3.75. The van der Waals surface area contributed by atoms with E-state index in [0.29, 0.717) is 16.5 Å². The van der Waals surface area contributed by atoms with Crippen LogP contribution in [0.2, 0.25) is 0 Å². The maximum Gasteiger partial charge on any atom is 0.191 e. The number of hydrogen-bond donors (Lipinski definition) is 0. The molecule has 1 heterocycles. The van der Waals surface area contributed by atoms with Crippen molar-refractivity contribution in [1.82, 2.24) is 4.98 Å². The highest BCUT2D eigenvalue weighted by molar-refractivity contribution is 7.90. The van der Waals surface area contributed by atoms with Crippen molar-refractivity contribution < 1.29 is 12.8 Å². The fourth-order valence-corrected chi connectivity index (χ4v) is 2.00. The van der Waals surface area contributed by atoms with E-state index in [2.05, 4.69) is 4.98 Å². The van der Waals surface area contributed by atoms with Crippen molar-refractivity contribution in [2.45, 2.75) is 11.8 Å². The Morgan fingerprint density at radius 1 is 1.19 bits per heavy atom. The summed E-state index contributed by atoms with van der Waals surface area (Å²) in [5.74, 6) is 0.585. The molecule has 0 saturated carbocycles. The molecule has 0 radical (unpaired) electrons. The van der Waals surface area contributed by atoms with Crippen LogP contribution in [0, 0.1) is 6.92 Å². The summed E-state index contributed by atoms with van der Waals surface area (Å²) in [4.78, 5) is 4.46. The van der Waals surface area contributed by atoms with E-state index in [9.17, 15) is 8.42 Å². The number of sulfone groups is 1. The Labute approximate surface area is 93.9 Å². The zero-order valence-corrected chi connectivity index (χ0v) is 9.78. The van der Waals surface area contributed by atoms with Gasteiger partial charge in [-0.1, -0.05) is 12.1 Å². The lowest BCUT2D eigenvalue weighted by atomic mass is 10.2. The average molecular weight is 237 g/mol. The quantitative estimate of drug-likeness (QED) is 0.802. The average Bonchev–Trinajstić information content (AvgIpc) is 2.64. The van der Waals surface area contributed by atoms with E-state index >= 15 is 0 Å². The summed E-state index contributed by atoms with van der Waals surface area (Å²) in [7, 11) is -3.14. The zero-order chi connectivity index (χ0) is 11.8. The fourth-order valence-electron chi connectivity index (χ4n) is 1.37. The predicted molar refractivity (Wildman–Crippen MR) is 59.8 cm³/mol. The van der Waals surface area contributed by atoms with Crippen LogP contribution in [0.15, 0.2) is 39.8 Å². The summed E-state index contributed by atoms with van der Waals surface area (Å²) in [6.07, 6.45) is 2.73. The van der Waals surface area contributed by atoms with Crippen molar-refractivity contribution in [2.75, 3.05) is 6.26 Å². The third-order valence-corrected chi connectivity index (χ3v) is 3.33. The molecule has 0 bridgehead atoms. The molecule has 4 nitrogen and oxygen atoms in total. The molecule has 84 valence electrons. The molecule has 2 aromatic rings. The first kappa shape index (κ1) is 10.9. The Morgan fingerprint density at radius 2 is 1.81 bits per heavy atom. The van der Waals surface area contributed by atoms with Crippen LogP contribution in [0.5, 0.6) is 0 Å². The number of benzene rings is 1. The van der Waals surface area contributed by atoms with Gasteiger partial charge in [-0.3, -0.25) is 0 Å². The van der Waals surface area contributed by atoms with Crippen molar-refractivity contribution in [3.8, 4) is 11.3 Å². The molecule has 16 heavy (non-hydrogen) atoms. The Balaban J connectivity index is 2.40. The second-order valence-electron chi connectivity index (χ2n) is 3.55. The van der Waals surface area contributed by atoms with Gasteiger partial charge in [0.15, 0.2) is 15.7 Å². The first-order chi connectivity index (χ1) is 7.47. The summed E-state index contributed by atoms with van der Waals surface area (Å²) < 4.78 is 27.6. The van der Waals surface area contributed by atoms with Crippen LogP contribution < -0.4 is 0 Å². The Kier molecular flexibility index (Phi) is 2.55. The minimum absolute atomic E-state index is 0.302. The zero-order valence-electron chi connectivity index (χ0n) is 8.97. The van der Waals surface area contributed by atoms with Crippen LogP contribution in [0.4, 0.5) is 0 Å². The molecule has 0 spiro atoms. The molecule has 5 heteroatoms. The van der Waals surface area contributed by atoms with Gasteiger partial charge in [-0.25, -0.2) is 13.4 Å². The molecular weight excluding hydrogens is 226 g/mol. The highest BCUT2D eigenvalue weighted by Gasteiger charge is 2.08. The lowest BCUT2D eigenvalue weighted by molar-refractivity contribution is 0.521. The lowest BCUT2D eigenvalue weighted by Gasteiger charge is -1.99. The minimum atomic E-state index is -3.14. The minimum Gasteiger partial charge on any atom is -0.449 e. The molecular formula is C11H11NO3S. The highest BCUT2D eigenvalue weighted by atomic mass is 32.2. The van der Waals surface area contributed by atoms with Crippen LogP contribution in [0.1, 0.15) is 5.89 Å². The third kappa shape index (κ3) is 2.14. The maximum absolute atomic E-state index is 11.3. The summed E-state index contributed by atoms with van der Waals surface area (Å²) in [5.41, 5.74) is 1.54. The number of rotatable bonds is 2. The van der Waals surface area contributed by atoms with Gasteiger partial charge in [0, 0.05) is 18.7 Å². The highest BCUT2D eigenvalue weighted by Crippen LogP contribution is 2.20. The number of aryl methyl sites for hydroxylation is 1. The molecule has 0 unspecified atom stereocenters. The van der Waals surface area contributed by atoms with Crippen LogP contribution in [-0.4, -0.2) is 19.7 Å². The van der Waals surface area contributed by atoms with Crippen molar-refractivity contribution in [1.29, 1.82) is 0 Å². The molecule has 2 rings (SSSR count). The van der Waals surface area contributed by atoms with Crippen LogP contribution in [0.3, 0.4) is 0 Å². The number of oxazole rings is 1. The van der Waals surface area contributed by atoms with E-state index in [1.54, 1.807) is 37.5 Å². The topological polar surface area (TPSA) is 60.2 Å². The molecule has 0 aliphatic carbocycles. The Bertz CT molecular complexity index is 596. The maximum atomic E-state index is 11.3. The lowest BCUT2D eigenvalue weighted by Crippen LogP contribution is -1.96. The van der Waals surface area contributed by atoms with Gasteiger partial charge in [-0.15, -0.1) is 0 Å². The Hall–Kier alpha value is -1.62. The summed E-state index contributed by atoms with van der Waals surface area (Å²) in [6, 6.07) is 6.56. The molecule has 0 saturated heterocycles. The second-order valence-corrected chi connectivity index (χ2v) is 5.56. The number of nitrogens with zero attached hydrogens (tertiary/aromatic N) is 1. The molecule has 0 aliphatic rings. The van der Waals surface area contributed by atoms with Crippen molar-refractivity contribution >= 4 is 9.84 Å². The van der Waals surface area contributed by atoms with Gasteiger partial charge in [-0.2, -0.15) is 0 Å². The summed E-state index contributed by atoms with van der Waals surface area (Å²) in [5, 5.41) is 0. The fraction of sp³-hybridized carbons (Fsp3) is 0.182. The predicted octanol–water partition coefficient (Wildman–Crippen LogP) is 2.05. The van der Waals surface area contributed by atoms with Gasteiger partial charge in [0.05, 0.1) is 4.90 Å². The molecule has 1 aromatic carbocycles. The van der Waals surface area contributed by atoms with Gasteiger partial charge in [-0.05, 0) is 12.1 Å². The van der Waals surface area contributed by atoms with Crippen molar-refractivity contribution in [2.24, 2.45) is 0 Å². The van der Waals surface area contributed by atoms with E-state index in [-0.39, 0.29) is 0 Å². The van der Waals surface area contributed by atoms with Gasteiger partial charge in [0.2, 0.25) is 0 Å². The van der Waals surface area contributed by atoms with Crippen LogP contribution in [-0.2, 0) is 9.84 Å². The van der Waals surface area contributed by atoms with Crippen molar-refractivity contribution in [3.63, 3.8) is 0 Å². The van der Waals surface area contributed by atoms with E-state index in [0.717, 1.165) is 5.56 Å². The van der Waals surface area contributed by atoms with E-state index in [1.165, 1.54) is 6.26 Å². The van der Waals surface area contributed by atoms with Gasteiger partial charge < -0.3 is 4.42 Å². The monoisotopic (exact) mass is 237 g/mol. The smallest absolute Gasteiger partial charge is 0.191 e. The summed E-state index contributed by atoms with van der Waals surface area (Å²) in [6.45, 7) is 1.76. The number of hydrogen-bond acceptors (Lipinski definition) is 4. The largest absolute Gasteiger partial charge is 0.449 e. The molecule has 0 atom stereocenters. The molecule has 0 amide bonds. The van der Waals surface area contributed by atoms with E-state index < -0.39 is 9.84 Å². The third-order valence-electron chi connectivity index (χ3n) is 2.20. The van der Waals surface area contributed by atoms with Gasteiger partial charge in [0.25, 0.3) is 0 Å². The number of aromatic nitrogens is 1. The first-order valence-corrected chi connectivity index (χ1v) is 6.58. The molecule has 1 aromatic heterocycles. The Morgan fingerprint density at radius 3 is 2.25 bits per heavy atom. The van der Waals surface area contributed by atoms with E-state index in [1.807, 2.05) is 0 Å².